The van der Waals surface area contributed by atoms with Crippen LogP contribution in [0.3, 0.4) is 0 Å². The quantitative estimate of drug-likeness (QED) is 0.507. The fraction of sp³-hybridized carbons (Fsp3) is 0.111. The molecule has 11 heteroatoms. The third-order valence-corrected chi connectivity index (χ3v) is 5.75. The summed E-state index contributed by atoms with van der Waals surface area (Å²) in [7, 11) is -3.51. The first-order valence-corrected chi connectivity index (χ1v) is 11.0. The van der Waals surface area contributed by atoms with Crippen LogP contribution in [0.25, 0.3) is 10.9 Å². The largest absolute Gasteiger partial charge is 0.454 e. The van der Waals surface area contributed by atoms with E-state index in [0.29, 0.717) is 33.4 Å². The fourth-order valence-corrected chi connectivity index (χ4v) is 3.78. The Balaban J connectivity index is 1.67. The molecule has 0 atom stereocenters. The monoisotopic (exact) mass is 431 g/mol. The summed E-state index contributed by atoms with van der Waals surface area (Å²) in [5.41, 5.74) is 0.656. The number of hydrogen-bond donors (Lipinski definition) is 1. The van der Waals surface area contributed by atoms with Gasteiger partial charge in [-0.1, -0.05) is 0 Å². The highest BCUT2D eigenvalue weighted by Gasteiger charge is 2.14. The highest BCUT2D eigenvalue weighted by molar-refractivity contribution is 7.90. The minimum atomic E-state index is -3.51. The summed E-state index contributed by atoms with van der Waals surface area (Å²) in [6.45, 7) is 1.79. The first-order valence-electron chi connectivity index (χ1n) is 8.29. The molecular weight excluding hydrogens is 417 g/mol. The fourth-order valence-electron chi connectivity index (χ4n) is 2.57. The van der Waals surface area contributed by atoms with Crippen molar-refractivity contribution in [2.45, 2.75) is 11.8 Å². The number of hydrogen-bond acceptors (Lipinski definition) is 9. The maximum atomic E-state index is 14.3. The van der Waals surface area contributed by atoms with Crippen LogP contribution in [0.2, 0.25) is 0 Å². The topological polar surface area (TPSA) is 107 Å². The van der Waals surface area contributed by atoms with Gasteiger partial charge in [0.1, 0.15) is 23.7 Å². The van der Waals surface area contributed by atoms with Crippen molar-refractivity contribution < 1.29 is 17.5 Å². The van der Waals surface area contributed by atoms with Crippen LogP contribution in [0, 0.1) is 12.7 Å². The predicted molar refractivity (Wildman–Crippen MR) is 107 cm³/mol. The number of nitrogens with one attached hydrogen (secondary N) is 1. The minimum absolute atomic E-state index is 0.0946. The number of ether oxygens (including phenoxy) is 1. The van der Waals surface area contributed by atoms with Crippen LogP contribution in [-0.4, -0.2) is 34.0 Å². The molecule has 0 radical (unpaired) electrons. The molecule has 29 heavy (non-hydrogen) atoms. The Morgan fingerprint density at radius 3 is 2.66 bits per heavy atom. The minimum Gasteiger partial charge on any atom is -0.454 e. The molecular formula is C18H14FN5O3S2. The van der Waals surface area contributed by atoms with E-state index in [4.69, 9.17) is 4.74 Å². The first kappa shape index (κ1) is 19.2. The van der Waals surface area contributed by atoms with Gasteiger partial charge in [-0.2, -0.15) is 4.37 Å². The van der Waals surface area contributed by atoms with Gasteiger partial charge in [0.15, 0.2) is 21.4 Å². The summed E-state index contributed by atoms with van der Waals surface area (Å²) in [4.78, 5) is 12.6. The molecule has 0 amide bonds. The lowest BCUT2D eigenvalue weighted by Gasteiger charge is -2.10. The van der Waals surface area contributed by atoms with E-state index in [1.807, 2.05) is 0 Å². The Labute approximate surface area is 169 Å². The average molecular weight is 431 g/mol. The number of anilines is 2. The van der Waals surface area contributed by atoms with Gasteiger partial charge in [0.25, 0.3) is 0 Å². The van der Waals surface area contributed by atoms with Gasteiger partial charge < -0.3 is 10.1 Å². The van der Waals surface area contributed by atoms with Gasteiger partial charge in [0.2, 0.25) is 5.13 Å². The van der Waals surface area contributed by atoms with E-state index in [-0.39, 0.29) is 10.6 Å². The van der Waals surface area contributed by atoms with Crippen molar-refractivity contribution in [1.29, 1.82) is 0 Å². The van der Waals surface area contributed by atoms with Crippen LogP contribution in [0.1, 0.15) is 5.82 Å². The molecule has 0 bridgehead atoms. The third kappa shape index (κ3) is 4.15. The van der Waals surface area contributed by atoms with E-state index < -0.39 is 15.7 Å². The maximum Gasteiger partial charge on any atom is 0.208 e. The van der Waals surface area contributed by atoms with Crippen molar-refractivity contribution >= 4 is 43.2 Å². The lowest BCUT2D eigenvalue weighted by atomic mass is 10.2. The molecule has 2 aromatic heterocycles. The molecule has 0 saturated carbocycles. The smallest absolute Gasteiger partial charge is 0.208 e. The summed E-state index contributed by atoms with van der Waals surface area (Å²) in [6, 6.07) is 8.52. The van der Waals surface area contributed by atoms with Crippen molar-refractivity contribution in [2.24, 2.45) is 0 Å². The molecule has 0 unspecified atom stereocenters. The van der Waals surface area contributed by atoms with Gasteiger partial charge in [0.05, 0.1) is 10.4 Å². The lowest BCUT2D eigenvalue weighted by molar-refractivity contribution is 0.441. The van der Waals surface area contributed by atoms with Gasteiger partial charge in [-0.3, -0.25) is 0 Å². The Bertz CT molecular complexity index is 1320. The second kappa shape index (κ2) is 7.33. The summed E-state index contributed by atoms with van der Waals surface area (Å²) in [6.07, 6.45) is 2.43. The molecule has 0 aliphatic carbocycles. The van der Waals surface area contributed by atoms with Crippen molar-refractivity contribution in [1.82, 2.24) is 19.3 Å². The van der Waals surface area contributed by atoms with E-state index in [1.54, 1.807) is 25.1 Å². The van der Waals surface area contributed by atoms with E-state index in [0.717, 1.165) is 12.3 Å². The van der Waals surface area contributed by atoms with Crippen molar-refractivity contribution in [3.05, 3.63) is 54.4 Å². The normalized spacial score (nSPS) is 11.6. The Morgan fingerprint density at radius 1 is 1.14 bits per heavy atom. The number of rotatable bonds is 5. The van der Waals surface area contributed by atoms with E-state index >= 15 is 0 Å². The molecule has 8 nitrogen and oxygen atoms in total. The molecule has 4 rings (SSSR count). The molecule has 4 aromatic rings. The number of benzene rings is 2. The van der Waals surface area contributed by atoms with Crippen LogP contribution in [0.15, 0.2) is 47.6 Å². The zero-order chi connectivity index (χ0) is 20.6. The molecule has 0 aliphatic rings. The van der Waals surface area contributed by atoms with Crippen LogP contribution in [-0.2, 0) is 9.84 Å². The maximum absolute atomic E-state index is 14.3. The van der Waals surface area contributed by atoms with E-state index in [9.17, 15) is 12.8 Å². The first-order chi connectivity index (χ1) is 13.8. The Morgan fingerprint density at radius 2 is 1.97 bits per heavy atom. The number of nitrogens with zero attached hydrogens (tertiary/aromatic N) is 4. The van der Waals surface area contributed by atoms with Gasteiger partial charge in [0, 0.05) is 23.2 Å². The van der Waals surface area contributed by atoms with Crippen LogP contribution in [0.5, 0.6) is 11.5 Å². The van der Waals surface area contributed by atoms with Gasteiger partial charge in [-0.05, 0) is 43.3 Å². The molecule has 0 saturated heterocycles. The van der Waals surface area contributed by atoms with Gasteiger partial charge in [-0.25, -0.2) is 27.8 Å². The third-order valence-electron chi connectivity index (χ3n) is 3.92. The number of halogens is 1. The van der Waals surface area contributed by atoms with E-state index in [1.165, 1.54) is 30.0 Å². The molecule has 1 N–H and O–H groups in total. The summed E-state index contributed by atoms with van der Waals surface area (Å²) in [5, 5.41) is 4.32. The Hall–Kier alpha value is -3.18. The number of fused-ring (bicyclic) bond motifs is 1. The zero-order valence-corrected chi connectivity index (χ0v) is 16.9. The standard InChI is InChI=1S/C18H14FN5O3S2/c1-10-22-18(28-24-10)23-17-13-7-11(3-5-15(13)20-9-21-17)27-16-6-4-12(8-14(16)19)29(2,25)26/h3-9H,1-2H3,(H,20,21,22,23,24). The van der Waals surface area contributed by atoms with Gasteiger partial charge in [-0.15, -0.1) is 0 Å². The van der Waals surface area contributed by atoms with E-state index in [2.05, 4.69) is 24.6 Å². The summed E-state index contributed by atoms with van der Waals surface area (Å²) < 4.78 is 47.1. The van der Waals surface area contributed by atoms with Crippen molar-refractivity contribution in [3.8, 4) is 11.5 Å². The van der Waals surface area contributed by atoms with Crippen LogP contribution < -0.4 is 10.1 Å². The second-order valence-electron chi connectivity index (χ2n) is 6.14. The van der Waals surface area contributed by atoms with Crippen molar-refractivity contribution in [2.75, 3.05) is 11.6 Å². The number of sulfone groups is 1. The molecule has 148 valence electrons. The molecule has 2 aromatic carbocycles. The summed E-state index contributed by atoms with van der Waals surface area (Å²) in [5.74, 6) is 0.620. The molecule has 0 aliphatic heterocycles. The predicted octanol–water partition coefficient (Wildman–Crippen LogP) is 3.87. The van der Waals surface area contributed by atoms with Crippen LogP contribution in [0.4, 0.5) is 15.3 Å². The molecule has 0 fully saturated rings. The number of aromatic nitrogens is 4. The zero-order valence-electron chi connectivity index (χ0n) is 15.2. The summed E-state index contributed by atoms with van der Waals surface area (Å²) >= 11 is 1.20. The van der Waals surface area contributed by atoms with Crippen molar-refractivity contribution in [3.63, 3.8) is 0 Å². The SMILES string of the molecule is Cc1nsc(Nc2ncnc3ccc(Oc4ccc(S(C)(=O)=O)cc4F)cc23)n1. The number of aryl methyl sites for hydroxylation is 1. The highest BCUT2D eigenvalue weighted by atomic mass is 32.2. The second-order valence-corrected chi connectivity index (χ2v) is 8.91. The Kier molecular flexibility index (Phi) is 4.84. The van der Waals surface area contributed by atoms with Crippen LogP contribution >= 0.6 is 11.5 Å². The highest BCUT2D eigenvalue weighted by Crippen LogP contribution is 2.31. The molecule has 0 spiro atoms. The lowest BCUT2D eigenvalue weighted by Crippen LogP contribution is -1.99. The molecule has 2 heterocycles. The average Bonchev–Trinajstić information content (AvgIpc) is 3.08. The van der Waals surface area contributed by atoms with Gasteiger partial charge >= 0.3 is 0 Å².